The third-order valence-corrected chi connectivity index (χ3v) is 2.47. The normalized spacial score (nSPS) is 11.8. The average molecular weight is 264 g/mol. The summed E-state index contributed by atoms with van der Waals surface area (Å²) >= 11 is 3.96. The standard InChI is InChI=1S/C10H8N4O3S/c15-9(6-4-2-1-3-5-6)17-10(16)7(18)8-11-13-14-12-8/h1-5,7,18H,(H,11,12,13,14). The van der Waals surface area contributed by atoms with Gasteiger partial charge in [0.05, 0.1) is 5.56 Å². The third kappa shape index (κ3) is 2.72. The Kier molecular flexibility index (Phi) is 3.68. The number of H-pyrrole nitrogens is 1. The number of aromatic nitrogens is 4. The van der Waals surface area contributed by atoms with Crippen LogP contribution in [-0.2, 0) is 9.53 Å². The summed E-state index contributed by atoms with van der Waals surface area (Å²) in [6.07, 6.45) is 0. The predicted molar refractivity (Wildman–Crippen MR) is 62.8 cm³/mol. The van der Waals surface area contributed by atoms with Gasteiger partial charge >= 0.3 is 11.9 Å². The average Bonchev–Trinajstić information content (AvgIpc) is 2.92. The summed E-state index contributed by atoms with van der Waals surface area (Å²) in [5.74, 6) is -1.55. The smallest absolute Gasteiger partial charge is 0.345 e. The highest BCUT2D eigenvalue weighted by atomic mass is 32.1. The molecule has 2 rings (SSSR count). The maximum absolute atomic E-state index is 11.6. The van der Waals surface area contributed by atoms with Gasteiger partial charge in [0.15, 0.2) is 11.1 Å². The number of hydrogen-bond donors (Lipinski definition) is 2. The Morgan fingerprint density at radius 1 is 1.28 bits per heavy atom. The van der Waals surface area contributed by atoms with E-state index in [-0.39, 0.29) is 11.4 Å². The fourth-order valence-corrected chi connectivity index (χ4v) is 1.33. The van der Waals surface area contributed by atoms with E-state index in [0.717, 1.165) is 0 Å². The zero-order valence-electron chi connectivity index (χ0n) is 8.98. The molecule has 1 atom stereocenters. The first kappa shape index (κ1) is 12.2. The SMILES string of the molecule is O=C(OC(=O)C(S)c1nn[nH]n1)c1ccccc1. The van der Waals surface area contributed by atoms with Crippen molar-refractivity contribution < 1.29 is 14.3 Å². The van der Waals surface area contributed by atoms with Crippen molar-refractivity contribution in [3.8, 4) is 0 Å². The van der Waals surface area contributed by atoms with Gasteiger partial charge in [-0.15, -0.1) is 10.2 Å². The van der Waals surface area contributed by atoms with Gasteiger partial charge in [-0.05, 0) is 12.1 Å². The summed E-state index contributed by atoms with van der Waals surface area (Å²) in [5.41, 5.74) is 0.277. The number of ether oxygens (including phenoxy) is 1. The van der Waals surface area contributed by atoms with Gasteiger partial charge in [-0.25, -0.2) is 9.59 Å². The van der Waals surface area contributed by atoms with E-state index < -0.39 is 17.2 Å². The van der Waals surface area contributed by atoms with Crippen LogP contribution in [0.5, 0.6) is 0 Å². The number of rotatable bonds is 3. The van der Waals surface area contributed by atoms with Crippen molar-refractivity contribution in [3.63, 3.8) is 0 Å². The number of hydrogen-bond acceptors (Lipinski definition) is 7. The molecule has 1 aromatic carbocycles. The van der Waals surface area contributed by atoms with Gasteiger partial charge in [-0.1, -0.05) is 23.4 Å². The summed E-state index contributed by atoms with van der Waals surface area (Å²) in [4.78, 5) is 23.2. The van der Waals surface area contributed by atoms with Crippen molar-refractivity contribution in [2.24, 2.45) is 0 Å². The molecule has 2 aromatic rings. The van der Waals surface area contributed by atoms with Crippen LogP contribution in [-0.4, -0.2) is 32.6 Å². The lowest BCUT2D eigenvalue weighted by Crippen LogP contribution is -2.17. The highest BCUT2D eigenvalue weighted by Crippen LogP contribution is 2.17. The Labute approximate surface area is 107 Å². The van der Waals surface area contributed by atoms with Crippen LogP contribution in [0, 0.1) is 0 Å². The molecule has 0 amide bonds. The molecule has 0 spiro atoms. The lowest BCUT2D eigenvalue weighted by molar-refractivity contribution is -0.137. The fraction of sp³-hybridized carbons (Fsp3) is 0.100. The second kappa shape index (κ2) is 5.41. The van der Waals surface area contributed by atoms with Crippen LogP contribution in [0.4, 0.5) is 0 Å². The monoisotopic (exact) mass is 264 g/mol. The van der Waals surface area contributed by atoms with Crippen molar-refractivity contribution in [2.75, 3.05) is 0 Å². The highest BCUT2D eigenvalue weighted by Gasteiger charge is 2.25. The molecule has 7 nitrogen and oxygen atoms in total. The fourth-order valence-electron chi connectivity index (χ4n) is 1.17. The molecule has 1 aromatic heterocycles. The lowest BCUT2D eigenvalue weighted by Gasteiger charge is -2.05. The number of esters is 2. The Bertz CT molecular complexity index is 544. The number of nitrogens with one attached hydrogen (secondary N) is 1. The molecule has 0 aliphatic rings. The van der Waals surface area contributed by atoms with Crippen molar-refractivity contribution in [1.29, 1.82) is 0 Å². The molecule has 0 saturated carbocycles. The molecule has 0 aliphatic heterocycles. The lowest BCUT2D eigenvalue weighted by atomic mass is 10.2. The van der Waals surface area contributed by atoms with Crippen LogP contribution in [0.25, 0.3) is 0 Å². The molecule has 0 bridgehead atoms. The molecule has 0 saturated heterocycles. The van der Waals surface area contributed by atoms with Gasteiger partial charge in [0.1, 0.15) is 0 Å². The quantitative estimate of drug-likeness (QED) is 0.477. The topological polar surface area (TPSA) is 97.8 Å². The Hall–Kier alpha value is -2.22. The molecule has 0 fully saturated rings. The van der Waals surface area contributed by atoms with E-state index in [4.69, 9.17) is 0 Å². The number of benzene rings is 1. The summed E-state index contributed by atoms with van der Waals surface area (Å²) in [6, 6.07) is 8.16. The minimum Gasteiger partial charge on any atom is -0.388 e. The number of carbonyl (C=O) groups excluding carboxylic acids is 2. The van der Waals surface area contributed by atoms with E-state index in [9.17, 15) is 9.59 Å². The molecule has 1 N–H and O–H groups in total. The van der Waals surface area contributed by atoms with E-state index >= 15 is 0 Å². The van der Waals surface area contributed by atoms with Crippen LogP contribution in [0.2, 0.25) is 0 Å². The number of aromatic amines is 1. The summed E-state index contributed by atoms with van der Waals surface area (Å²) in [5, 5.41) is 11.6. The van der Waals surface area contributed by atoms with Crippen molar-refractivity contribution >= 4 is 24.6 Å². The molecule has 8 heteroatoms. The van der Waals surface area contributed by atoms with E-state index in [2.05, 4.69) is 38.0 Å². The van der Waals surface area contributed by atoms with Crippen molar-refractivity contribution in [2.45, 2.75) is 5.25 Å². The van der Waals surface area contributed by atoms with Crippen LogP contribution in [0.15, 0.2) is 30.3 Å². The summed E-state index contributed by atoms with van der Waals surface area (Å²) in [7, 11) is 0. The first-order valence-corrected chi connectivity index (χ1v) is 5.42. The van der Waals surface area contributed by atoms with Crippen LogP contribution >= 0.6 is 12.6 Å². The zero-order valence-corrected chi connectivity index (χ0v) is 9.87. The van der Waals surface area contributed by atoms with E-state index in [1.807, 2.05) is 0 Å². The number of carbonyl (C=O) groups is 2. The van der Waals surface area contributed by atoms with Gasteiger partial charge in [-0.2, -0.15) is 17.8 Å². The first-order chi connectivity index (χ1) is 8.68. The maximum atomic E-state index is 11.6. The van der Waals surface area contributed by atoms with Crippen molar-refractivity contribution in [3.05, 3.63) is 41.7 Å². The Balaban J connectivity index is 2.02. The van der Waals surface area contributed by atoms with Gasteiger partial charge in [0, 0.05) is 0 Å². The van der Waals surface area contributed by atoms with Crippen LogP contribution in [0.3, 0.4) is 0 Å². The maximum Gasteiger partial charge on any atom is 0.345 e. The number of tetrazole rings is 1. The zero-order chi connectivity index (χ0) is 13.0. The first-order valence-electron chi connectivity index (χ1n) is 4.91. The van der Waals surface area contributed by atoms with Gasteiger partial charge in [-0.3, -0.25) is 0 Å². The largest absolute Gasteiger partial charge is 0.388 e. The Morgan fingerprint density at radius 3 is 2.61 bits per heavy atom. The molecule has 0 aliphatic carbocycles. The number of nitrogens with zero attached hydrogens (tertiary/aromatic N) is 3. The molecule has 0 radical (unpaired) electrons. The van der Waals surface area contributed by atoms with Gasteiger partial charge < -0.3 is 4.74 Å². The molecule has 92 valence electrons. The molecular formula is C10H8N4O3S. The van der Waals surface area contributed by atoms with Crippen LogP contribution < -0.4 is 0 Å². The predicted octanol–water partition coefficient (Wildman–Crippen LogP) is 0.554. The molecule has 1 heterocycles. The van der Waals surface area contributed by atoms with E-state index in [0.29, 0.717) is 0 Å². The van der Waals surface area contributed by atoms with E-state index in [1.165, 1.54) is 12.1 Å². The van der Waals surface area contributed by atoms with Crippen LogP contribution in [0.1, 0.15) is 21.4 Å². The number of thiol groups is 1. The van der Waals surface area contributed by atoms with Gasteiger partial charge in [0.2, 0.25) is 0 Å². The molecular weight excluding hydrogens is 256 g/mol. The van der Waals surface area contributed by atoms with E-state index in [1.54, 1.807) is 18.2 Å². The van der Waals surface area contributed by atoms with Gasteiger partial charge in [0.25, 0.3) is 0 Å². The second-order valence-corrected chi connectivity index (χ2v) is 3.76. The highest BCUT2D eigenvalue weighted by molar-refractivity contribution is 7.81. The Morgan fingerprint density at radius 2 is 2.00 bits per heavy atom. The minimum atomic E-state index is -1.06. The minimum absolute atomic E-state index is 0.0456. The van der Waals surface area contributed by atoms with Crippen molar-refractivity contribution in [1.82, 2.24) is 20.6 Å². The molecule has 18 heavy (non-hydrogen) atoms. The third-order valence-electron chi connectivity index (χ3n) is 2.03. The summed E-state index contributed by atoms with van der Waals surface area (Å²) < 4.78 is 4.65. The summed E-state index contributed by atoms with van der Waals surface area (Å²) in [6.45, 7) is 0. The second-order valence-electron chi connectivity index (χ2n) is 3.25. The molecule has 1 unspecified atom stereocenters.